The van der Waals surface area contributed by atoms with Gasteiger partial charge >= 0.3 is 0 Å². The number of carbonyl (C=O) groups is 1. The molecule has 17 heavy (non-hydrogen) atoms. The number of nitrogens with one attached hydrogen (secondary N) is 1. The molecule has 92 valence electrons. The fourth-order valence-corrected chi connectivity index (χ4v) is 2.01. The number of rotatable bonds is 4. The Hall–Kier alpha value is -1.39. The summed E-state index contributed by atoms with van der Waals surface area (Å²) in [5, 5.41) is 2.91. The normalized spacial score (nSPS) is 16.6. The van der Waals surface area contributed by atoms with Gasteiger partial charge in [-0.3, -0.25) is 9.69 Å². The SMILES string of the molecule is CCc1cccc(NC(=O)CN2CC(N)C2)c1. The molecule has 0 unspecified atom stereocenters. The molecule has 3 N–H and O–H groups in total. The zero-order valence-electron chi connectivity index (χ0n) is 10.1. The number of carbonyl (C=O) groups excluding carboxylic acids is 1. The molecule has 1 amide bonds. The van der Waals surface area contributed by atoms with Crippen molar-refractivity contribution in [2.45, 2.75) is 19.4 Å². The van der Waals surface area contributed by atoms with Gasteiger partial charge in [0, 0.05) is 24.8 Å². The highest BCUT2D eigenvalue weighted by atomic mass is 16.2. The number of anilines is 1. The molecule has 0 spiro atoms. The molecule has 0 bridgehead atoms. The van der Waals surface area contributed by atoms with Gasteiger partial charge in [-0.25, -0.2) is 0 Å². The van der Waals surface area contributed by atoms with Crippen molar-refractivity contribution in [3.8, 4) is 0 Å². The molecule has 1 heterocycles. The molecule has 2 rings (SSSR count). The van der Waals surface area contributed by atoms with Gasteiger partial charge in [0.1, 0.15) is 0 Å². The second kappa shape index (κ2) is 5.29. The van der Waals surface area contributed by atoms with Crippen molar-refractivity contribution in [2.75, 3.05) is 25.0 Å². The minimum Gasteiger partial charge on any atom is -0.325 e. The molecule has 4 heteroatoms. The molecule has 0 saturated carbocycles. The maximum atomic E-state index is 11.7. The third-order valence-corrected chi connectivity index (χ3v) is 2.97. The number of aryl methyl sites for hydroxylation is 1. The van der Waals surface area contributed by atoms with Gasteiger partial charge in [-0.05, 0) is 24.1 Å². The summed E-state index contributed by atoms with van der Waals surface area (Å²) in [7, 11) is 0. The van der Waals surface area contributed by atoms with E-state index < -0.39 is 0 Å². The Balaban J connectivity index is 1.85. The molecule has 1 aliphatic rings. The zero-order valence-corrected chi connectivity index (χ0v) is 10.1. The molecule has 0 atom stereocenters. The first-order chi connectivity index (χ1) is 8.17. The zero-order chi connectivity index (χ0) is 12.3. The van der Waals surface area contributed by atoms with E-state index in [2.05, 4.69) is 18.3 Å². The molecule has 0 aliphatic carbocycles. The molecule has 1 aliphatic heterocycles. The summed E-state index contributed by atoms with van der Waals surface area (Å²) in [6, 6.07) is 8.20. The van der Waals surface area contributed by atoms with Crippen molar-refractivity contribution in [2.24, 2.45) is 5.73 Å². The first kappa shape index (κ1) is 12.1. The fraction of sp³-hybridized carbons (Fsp3) is 0.462. The van der Waals surface area contributed by atoms with Gasteiger partial charge in [0.25, 0.3) is 0 Å². The van der Waals surface area contributed by atoms with Crippen LogP contribution in [0.2, 0.25) is 0 Å². The lowest BCUT2D eigenvalue weighted by molar-refractivity contribution is -0.118. The Kier molecular flexibility index (Phi) is 3.76. The van der Waals surface area contributed by atoms with Gasteiger partial charge in [0.05, 0.1) is 6.54 Å². The van der Waals surface area contributed by atoms with Crippen LogP contribution in [-0.2, 0) is 11.2 Å². The largest absolute Gasteiger partial charge is 0.325 e. The summed E-state index contributed by atoms with van der Waals surface area (Å²) in [5.74, 6) is 0.0325. The van der Waals surface area contributed by atoms with Crippen molar-refractivity contribution < 1.29 is 4.79 Å². The predicted molar refractivity (Wildman–Crippen MR) is 68.9 cm³/mol. The van der Waals surface area contributed by atoms with Crippen LogP contribution in [0, 0.1) is 0 Å². The highest BCUT2D eigenvalue weighted by Crippen LogP contribution is 2.11. The van der Waals surface area contributed by atoms with E-state index in [9.17, 15) is 4.79 Å². The Labute approximate surface area is 102 Å². The highest BCUT2D eigenvalue weighted by Gasteiger charge is 2.24. The van der Waals surface area contributed by atoms with E-state index in [1.54, 1.807) is 0 Å². The highest BCUT2D eigenvalue weighted by molar-refractivity contribution is 5.92. The van der Waals surface area contributed by atoms with Crippen molar-refractivity contribution in [1.29, 1.82) is 0 Å². The summed E-state index contributed by atoms with van der Waals surface area (Å²) in [5.41, 5.74) is 7.77. The van der Waals surface area contributed by atoms with E-state index in [0.717, 1.165) is 25.2 Å². The third-order valence-electron chi connectivity index (χ3n) is 2.97. The average molecular weight is 233 g/mol. The Morgan fingerprint density at radius 2 is 2.29 bits per heavy atom. The van der Waals surface area contributed by atoms with Gasteiger partial charge in [-0.2, -0.15) is 0 Å². The Morgan fingerprint density at radius 3 is 2.94 bits per heavy atom. The topological polar surface area (TPSA) is 58.4 Å². The summed E-state index contributed by atoms with van der Waals surface area (Å²) in [6.45, 7) is 4.18. The lowest BCUT2D eigenvalue weighted by atomic mass is 10.1. The van der Waals surface area contributed by atoms with Gasteiger partial charge in [0.15, 0.2) is 0 Å². The van der Waals surface area contributed by atoms with E-state index in [0.29, 0.717) is 6.54 Å². The summed E-state index contributed by atoms with van der Waals surface area (Å²) in [6.07, 6.45) is 0.977. The molecule has 1 saturated heterocycles. The predicted octanol–water partition coefficient (Wildman–Crippen LogP) is 0.830. The molecular weight excluding hydrogens is 214 g/mol. The third kappa shape index (κ3) is 3.28. The fourth-order valence-electron chi connectivity index (χ4n) is 2.01. The van der Waals surface area contributed by atoms with Crippen molar-refractivity contribution in [3.63, 3.8) is 0 Å². The number of benzene rings is 1. The summed E-state index contributed by atoms with van der Waals surface area (Å²) < 4.78 is 0. The molecule has 4 nitrogen and oxygen atoms in total. The summed E-state index contributed by atoms with van der Waals surface area (Å²) >= 11 is 0. The van der Waals surface area contributed by atoms with Crippen LogP contribution in [0.15, 0.2) is 24.3 Å². The van der Waals surface area contributed by atoms with Crippen LogP contribution in [0.1, 0.15) is 12.5 Å². The maximum Gasteiger partial charge on any atom is 0.238 e. The van der Waals surface area contributed by atoms with Gasteiger partial charge in [-0.15, -0.1) is 0 Å². The maximum absolute atomic E-state index is 11.7. The number of hydrogen-bond donors (Lipinski definition) is 2. The van der Waals surface area contributed by atoms with E-state index in [-0.39, 0.29) is 11.9 Å². The number of hydrogen-bond acceptors (Lipinski definition) is 3. The van der Waals surface area contributed by atoms with Gasteiger partial charge in [0.2, 0.25) is 5.91 Å². The Morgan fingerprint density at radius 1 is 1.53 bits per heavy atom. The lowest BCUT2D eigenvalue weighted by Gasteiger charge is -2.36. The molecule has 0 radical (unpaired) electrons. The molecule has 1 aromatic carbocycles. The molecule has 1 aromatic rings. The van der Waals surface area contributed by atoms with E-state index in [4.69, 9.17) is 5.73 Å². The number of likely N-dealkylation sites (tertiary alicyclic amines) is 1. The van der Waals surface area contributed by atoms with Crippen LogP contribution >= 0.6 is 0 Å². The van der Waals surface area contributed by atoms with Crippen molar-refractivity contribution in [1.82, 2.24) is 4.90 Å². The van der Waals surface area contributed by atoms with Gasteiger partial charge < -0.3 is 11.1 Å². The van der Waals surface area contributed by atoms with Crippen LogP contribution in [0.4, 0.5) is 5.69 Å². The lowest BCUT2D eigenvalue weighted by Crippen LogP contribution is -2.57. The monoisotopic (exact) mass is 233 g/mol. The second-order valence-electron chi connectivity index (χ2n) is 4.56. The van der Waals surface area contributed by atoms with Crippen molar-refractivity contribution >= 4 is 11.6 Å². The minimum atomic E-state index is 0.0325. The average Bonchev–Trinajstić information content (AvgIpc) is 2.27. The van der Waals surface area contributed by atoms with Crippen LogP contribution in [0.5, 0.6) is 0 Å². The second-order valence-corrected chi connectivity index (χ2v) is 4.56. The molecular formula is C13H19N3O. The van der Waals surface area contributed by atoms with Gasteiger partial charge in [-0.1, -0.05) is 19.1 Å². The first-order valence-electron chi connectivity index (χ1n) is 6.04. The Bertz CT molecular complexity index is 399. The number of nitrogens with zero attached hydrogens (tertiary/aromatic N) is 1. The van der Waals surface area contributed by atoms with Crippen LogP contribution < -0.4 is 11.1 Å². The van der Waals surface area contributed by atoms with E-state index >= 15 is 0 Å². The minimum absolute atomic E-state index is 0.0325. The van der Waals surface area contributed by atoms with Crippen LogP contribution in [0.3, 0.4) is 0 Å². The first-order valence-corrected chi connectivity index (χ1v) is 6.04. The molecule has 1 fully saturated rings. The number of amides is 1. The number of nitrogens with two attached hydrogens (primary N) is 1. The summed E-state index contributed by atoms with van der Waals surface area (Å²) in [4.78, 5) is 13.8. The van der Waals surface area contributed by atoms with Crippen LogP contribution in [0.25, 0.3) is 0 Å². The quantitative estimate of drug-likeness (QED) is 0.810. The standard InChI is InChI=1S/C13H19N3O/c1-2-10-4-3-5-12(6-10)15-13(17)9-16-7-11(14)8-16/h3-6,11H,2,7-9,14H2,1H3,(H,15,17). The van der Waals surface area contributed by atoms with Crippen LogP contribution in [-0.4, -0.2) is 36.5 Å². The van der Waals surface area contributed by atoms with E-state index in [1.165, 1.54) is 5.56 Å². The smallest absolute Gasteiger partial charge is 0.238 e. The van der Waals surface area contributed by atoms with Crippen molar-refractivity contribution in [3.05, 3.63) is 29.8 Å². The van der Waals surface area contributed by atoms with E-state index in [1.807, 2.05) is 23.1 Å². The molecule has 0 aromatic heterocycles.